The van der Waals surface area contributed by atoms with Crippen molar-refractivity contribution in [2.45, 2.75) is 13.3 Å². The summed E-state index contributed by atoms with van der Waals surface area (Å²) < 4.78 is 5.49. The van der Waals surface area contributed by atoms with Crippen molar-refractivity contribution in [1.82, 2.24) is 10.9 Å². The predicted molar refractivity (Wildman–Crippen MR) is 90.3 cm³/mol. The molecule has 0 fully saturated rings. The van der Waals surface area contributed by atoms with Crippen LogP contribution in [0.1, 0.15) is 34.1 Å². The van der Waals surface area contributed by atoms with Gasteiger partial charge in [-0.15, -0.1) is 0 Å². The van der Waals surface area contributed by atoms with Crippen LogP contribution < -0.4 is 15.6 Å². The zero-order valence-electron chi connectivity index (χ0n) is 13.5. The SMILES string of the molecule is CCCOc1ccccc1C(=O)NNC(=O)c1ccccc1[N+](=O)[O-]. The largest absolute Gasteiger partial charge is 0.493 e. The van der Waals surface area contributed by atoms with Crippen molar-refractivity contribution in [3.63, 3.8) is 0 Å². The smallest absolute Gasteiger partial charge is 0.282 e. The lowest BCUT2D eigenvalue weighted by Crippen LogP contribution is -2.42. The van der Waals surface area contributed by atoms with Gasteiger partial charge in [0, 0.05) is 6.07 Å². The molecule has 0 spiro atoms. The summed E-state index contributed by atoms with van der Waals surface area (Å²) in [7, 11) is 0. The molecule has 0 aromatic heterocycles. The Morgan fingerprint density at radius 2 is 1.56 bits per heavy atom. The average Bonchev–Trinajstić information content (AvgIpc) is 2.64. The predicted octanol–water partition coefficient (Wildman–Crippen LogP) is 2.46. The van der Waals surface area contributed by atoms with E-state index in [9.17, 15) is 19.7 Å². The molecule has 0 aliphatic rings. The minimum atomic E-state index is -0.785. The van der Waals surface area contributed by atoms with Crippen LogP contribution in [0.4, 0.5) is 5.69 Å². The molecule has 0 heterocycles. The molecule has 2 amide bonds. The Bertz CT molecular complexity index is 791. The summed E-state index contributed by atoms with van der Waals surface area (Å²) in [5.74, 6) is -0.979. The van der Waals surface area contributed by atoms with Crippen molar-refractivity contribution < 1.29 is 19.2 Å². The van der Waals surface area contributed by atoms with E-state index in [0.717, 1.165) is 6.42 Å². The number of hydrogen-bond acceptors (Lipinski definition) is 5. The van der Waals surface area contributed by atoms with Gasteiger partial charge in [0.2, 0.25) is 0 Å². The summed E-state index contributed by atoms with van der Waals surface area (Å²) in [5.41, 5.74) is 4.17. The first kappa shape index (κ1) is 17.9. The third-order valence-corrected chi connectivity index (χ3v) is 3.23. The fraction of sp³-hybridized carbons (Fsp3) is 0.176. The van der Waals surface area contributed by atoms with Gasteiger partial charge in [-0.3, -0.25) is 30.6 Å². The molecule has 0 unspecified atom stereocenters. The molecule has 2 aromatic rings. The lowest BCUT2D eigenvalue weighted by Gasteiger charge is -2.11. The molecule has 0 radical (unpaired) electrons. The van der Waals surface area contributed by atoms with E-state index < -0.39 is 16.7 Å². The fourth-order valence-electron chi connectivity index (χ4n) is 2.07. The average molecular weight is 343 g/mol. The number of ether oxygens (including phenoxy) is 1. The van der Waals surface area contributed by atoms with Gasteiger partial charge in [-0.2, -0.15) is 0 Å². The van der Waals surface area contributed by atoms with E-state index >= 15 is 0 Å². The highest BCUT2D eigenvalue weighted by Crippen LogP contribution is 2.19. The standard InChI is InChI=1S/C17H17N3O5/c1-2-11-25-15-10-6-4-8-13(15)17(22)19-18-16(21)12-7-3-5-9-14(12)20(23)24/h3-10H,2,11H2,1H3,(H,18,21)(H,19,22). The fourth-order valence-corrected chi connectivity index (χ4v) is 2.07. The molecule has 2 rings (SSSR count). The number of hydrazine groups is 1. The Labute approximate surface area is 143 Å². The monoisotopic (exact) mass is 343 g/mol. The molecule has 2 aromatic carbocycles. The van der Waals surface area contributed by atoms with E-state index in [1.54, 1.807) is 24.3 Å². The summed E-state index contributed by atoms with van der Waals surface area (Å²) >= 11 is 0. The van der Waals surface area contributed by atoms with Gasteiger partial charge < -0.3 is 4.74 Å². The van der Waals surface area contributed by atoms with Gasteiger partial charge in [-0.25, -0.2) is 0 Å². The highest BCUT2D eigenvalue weighted by Gasteiger charge is 2.20. The molecule has 130 valence electrons. The summed E-state index contributed by atoms with van der Waals surface area (Å²) in [6, 6.07) is 12.1. The van der Waals surface area contributed by atoms with Crippen LogP contribution in [0.5, 0.6) is 5.75 Å². The number of benzene rings is 2. The molecule has 0 aliphatic heterocycles. The molecule has 8 nitrogen and oxygen atoms in total. The van der Waals surface area contributed by atoms with Gasteiger partial charge in [0.1, 0.15) is 11.3 Å². The second-order valence-corrected chi connectivity index (χ2v) is 5.03. The highest BCUT2D eigenvalue weighted by molar-refractivity contribution is 6.02. The second kappa shape index (κ2) is 8.44. The van der Waals surface area contributed by atoms with Gasteiger partial charge in [0.05, 0.1) is 17.1 Å². The van der Waals surface area contributed by atoms with E-state index in [2.05, 4.69) is 10.9 Å². The number of para-hydroxylation sites is 2. The minimum Gasteiger partial charge on any atom is -0.493 e. The van der Waals surface area contributed by atoms with Crippen molar-refractivity contribution >= 4 is 17.5 Å². The van der Waals surface area contributed by atoms with E-state index in [4.69, 9.17) is 4.74 Å². The van der Waals surface area contributed by atoms with Gasteiger partial charge in [0.15, 0.2) is 0 Å². The highest BCUT2D eigenvalue weighted by atomic mass is 16.6. The number of amides is 2. The topological polar surface area (TPSA) is 111 Å². The van der Waals surface area contributed by atoms with Crippen LogP contribution in [0.25, 0.3) is 0 Å². The first-order valence-electron chi connectivity index (χ1n) is 7.60. The third-order valence-electron chi connectivity index (χ3n) is 3.23. The molecular weight excluding hydrogens is 326 g/mol. The van der Waals surface area contributed by atoms with E-state index in [0.29, 0.717) is 12.4 Å². The Morgan fingerprint density at radius 3 is 2.20 bits per heavy atom. The van der Waals surface area contributed by atoms with Crippen molar-refractivity contribution in [3.8, 4) is 5.75 Å². The Balaban J connectivity index is 2.08. The summed E-state index contributed by atoms with van der Waals surface area (Å²) in [6.07, 6.45) is 0.782. The normalized spacial score (nSPS) is 9.96. The van der Waals surface area contributed by atoms with Gasteiger partial charge >= 0.3 is 0 Å². The van der Waals surface area contributed by atoms with E-state index in [1.807, 2.05) is 6.92 Å². The van der Waals surface area contributed by atoms with E-state index in [1.165, 1.54) is 24.3 Å². The van der Waals surface area contributed by atoms with Crippen LogP contribution in [-0.4, -0.2) is 23.3 Å². The first-order valence-corrected chi connectivity index (χ1v) is 7.60. The summed E-state index contributed by atoms with van der Waals surface area (Å²) in [5, 5.41) is 11.0. The molecule has 0 bridgehead atoms. The van der Waals surface area contributed by atoms with Crippen molar-refractivity contribution in [2.75, 3.05) is 6.61 Å². The number of carbonyl (C=O) groups excluding carboxylic acids is 2. The maximum absolute atomic E-state index is 12.2. The van der Waals surface area contributed by atoms with E-state index in [-0.39, 0.29) is 16.8 Å². The third kappa shape index (κ3) is 4.54. The molecule has 0 aliphatic carbocycles. The quantitative estimate of drug-likeness (QED) is 0.618. The molecule has 0 saturated carbocycles. The Kier molecular flexibility index (Phi) is 6.05. The molecule has 8 heteroatoms. The minimum absolute atomic E-state index is 0.150. The maximum Gasteiger partial charge on any atom is 0.282 e. The number of nitro benzene ring substituents is 1. The van der Waals surface area contributed by atoms with Crippen LogP contribution in [-0.2, 0) is 0 Å². The van der Waals surface area contributed by atoms with Crippen LogP contribution in [0.3, 0.4) is 0 Å². The number of nitro groups is 1. The number of carbonyl (C=O) groups is 2. The number of rotatable bonds is 6. The first-order chi connectivity index (χ1) is 12.0. The van der Waals surface area contributed by atoms with Crippen LogP contribution >= 0.6 is 0 Å². The molecule has 2 N–H and O–H groups in total. The lowest BCUT2D eigenvalue weighted by molar-refractivity contribution is -0.385. The van der Waals surface area contributed by atoms with Gasteiger partial charge in [-0.05, 0) is 24.6 Å². The molecule has 0 saturated heterocycles. The van der Waals surface area contributed by atoms with Crippen molar-refractivity contribution in [3.05, 3.63) is 69.8 Å². The molecular formula is C17H17N3O5. The van der Waals surface area contributed by atoms with Crippen LogP contribution in [0.2, 0.25) is 0 Å². The number of nitrogens with zero attached hydrogens (tertiary/aromatic N) is 1. The summed E-state index contributed by atoms with van der Waals surface area (Å²) in [4.78, 5) is 34.6. The second-order valence-electron chi connectivity index (χ2n) is 5.03. The summed E-state index contributed by atoms with van der Waals surface area (Å²) in [6.45, 7) is 2.39. The zero-order valence-corrected chi connectivity index (χ0v) is 13.5. The lowest BCUT2D eigenvalue weighted by atomic mass is 10.1. The zero-order chi connectivity index (χ0) is 18.2. The maximum atomic E-state index is 12.2. The van der Waals surface area contributed by atoms with Crippen LogP contribution in [0.15, 0.2) is 48.5 Å². The Hall–Kier alpha value is -3.42. The molecule has 0 atom stereocenters. The Morgan fingerprint density at radius 1 is 1.00 bits per heavy atom. The molecule has 25 heavy (non-hydrogen) atoms. The van der Waals surface area contributed by atoms with Gasteiger partial charge in [-0.1, -0.05) is 31.2 Å². The number of hydrogen-bond donors (Lipinski definition) is 2. The van der Waals surface area contributed by atoms with Gasteiger partial charge in [0.25, 0.3) is 17.5 Å². The van der Waals surface area contributed by atoms with Crippen molar-refractivity contribution in [2.24, 2.45) is 0 Å². The van der Waals surface area contributed by atoms with Crippen LogP contribution in [0, 0.1) is 10.1 Å². The number of nitrogens with one attached hydrogen (secondary N) is 2. The van der Waals surface area contributed by atoms with Crippen molar-refractivity contribution in [1.29, 1.82) is 0 Å².